The van der Waals surface area contributed by atoms with Crippen LogP contribution in [-0.4, -0.2) is 114 Å². The molecule has 0 bridgehead atoms. The molecule has 1 N–H and O–H groups in total. The minimum atomic E-state index is -2.41. The highest BCUT2D eigenvalue weighted by atomic mass is 35.6. The minimum Gasteiger partial charge on any atom is -0.463 e. The number of hydrogen-bond donors (Lipinski definition) is 1. The Morgan fingerprint density at radius 2 is 1.00 bits per heavy atom. The molecule has 260 valence electrons. The van der Waals surface area contributed by atoms with Gasteiger partial charge in [0.25, 0.3) is 3.79 Å². The zero-order valence-corrected chi connectivity index (χ0v) is 27.9. The second-order valence-corrected chi connectivity index (χ2v) is 12.3. The Morgan fingerprint density at radius 3 is 1.43 bits per heavy atom. The zero-order chi connectivity index (χ0) is 35.1. The van der Waals surface area contributed by atoms with Crippen LogP contribution in [0.25, 0.3) is 0 Å². The lowest BCUT2D eigenvalue weighted by atomic mass is 9.96. The first-order valence-electron chi connectivity index (χ1n) is 13.5. The number of esters is 6. The van der Waals surface area contributed by atoms with Gasteiger partial charge in [-0.15, -0.1) is 0 Å². The fourth-order valence-electron chi connectivity index (χ4n) is 4.53. The largest absolute Gasteiger partial charge is 0.463 e. The van der Waals surface area contributed by atoms with Gasteiger partial charge in [-0.05, 0) is 6.92 Å². The molecule has 46 heavy (non-hydrogen) atoms. The third-order valence-corrected chi connectivity index (χ3v) is 6.58. The first-order chi connectivity index (χ1) is 21.2. The van der Waals surface area contributed by atoms with E-state index in [-0.39, 0.29) is 0 Å². The van der Waals surface area contributed by atoms with E-state index in [0.29, 0.717) is 0 Å². The Bertz CT molecular complexity index is 1180. The molecule has 0 aromatic carbocycles. The smallest absolute Gasteiger partial charge is 0.303 e. The summed E-state index contributed by atoms with van der Waals surface area (Å²) in [6, 6.07) is 0. The summed E-state index contributed by atoms with van der Waals surface area (Å²) < 4.78 is 52.9. The predicted octanol–water partition coefficient (Wildman–Crippen LogP) is 1.43. The molecule has 0 aliphatic carbocycles. The van der Waals surface area contributed by atoms with Gasteiger partial charge in [0.15, 0.2) is 30.7 Å². The van der Waals surface area contributed by atoms with Crippen molar-refractivity contribution in [3.8, 4) is 0 Å². The van der Waals surface area contributed by atoms with Crippen LogP contribution in [0.1, 0.15) is 48.5 Å². The van der Waals surface area contributed by atoms with Crippen LogP contribution < -0.4 is 0 Å². The number of carbonyl (C=O) groups is 6. The number of hydrogen-bond acceptors (Lipinski definition) is 17. The van der Waals surface area contributed by atoms with Gasteiger partial charge < -0.3 is 47.4 Å². The van der Waals surface area contributed by atoms with Crippen molar-refractivity contribution in [1.82, 2.24) is 0 Å². The lowest BCUT2D eigenvalue weighted by Gasteiger charge is -2.48. The summed E-state index contributed by atoms with van der Waals surface area (Å²) in [4.78, 5) is 72.4. The molecule has 2 aliphatic rings. The Morgan fingerprint density at radius 1 is 0.587 bits per heavy atom. The van der Waals surface area contributed by atoms with Gasteiger partial charge >= 0.3 is 35.8 Å². The number of carbonyl (C=O) groups excluding carboxylic acids is 6. The quantitative estimate of drug-likeness (QED) is 0.111. The van der Waals surface area contributed by atoms with Gasteiger partial charge in [-0.1, -0.05) is 34.8 Å². The van der Waals surface area contributed by atoms with Crippen molar-refractivity contribution in [2.75, 3.05) is 6.61 Å². The maximum absolute atomic E-state index is 12.3. The van der Waals surface area contributed by atoms with E-state index in [9.17, 15) is 28.8 Å². The first-order valence-corrected chi connectivity index (χ1v) is 14.6. The summed E-state index contributed by atoms with van der Waals surface area (Å²) in [5, 5.41) is 8.00. The molecule has 17 nitrogen and oxygen atoms in total. The van der Waals surface area contributed by atoms with E-state index in [4.69, 9.17) is 87.6 Å². The number of halogens is 3. The van der Waals surface area contributed by atoms with Crippen molar-refractivity contribution in [2.45, 2.75) is 114 Å². The van der Waals surface area contributed by atoms with Crippen molar-refractivity contribution in [3.05, 3.63) is 0 Å². The summed E-state index contributed by atoms with van der Waals surface area (Å²) >= 11 is 17.3. The van der Waals surface area contributed by atoms with Crippen molar-refractivity contribution >= 4 is 76.5 Å². The summed E-state index contributed by atoms with van der Waals surface area (Å²) in [6.07, 6.45) is -15.4. The molecule has 2 heterocycles. The Balaban J connectivity index is 2.67. The maximum Gasteiger partial charge on any atom is 0.303 e. The van der Waals surface area contributed by atoms with Crippen molar-refractivity contribution in [2.24, 2.45) is 0 Å². The topological polar surface area (TPSA) is 219 Å². The van der Waals surface area contributed by atoms with E-state index < -0.39 is 114 Å². The van der Waals surface area contributed by atoms with Crippen LogP contribution in [0, 0.1) is 5.41 Å². The Labute approximate surface area is 278 Å². The predicted molar refractivity (Wildman–Crippen MR) is 151 cm³/mol. The molecule has 0 aromatic rings. The molecule has 0 aromatic heterocycles. The average molecular weight is 723 g/mol. The monoisotopic (exact) mass is 721 g/mol. The van der Waals surface area contributed by atoms with E-state index >= 15 is 0 Å². The molecule has 0 saturated carbocycles. The van der Waals surface area contributed by atoms with Gasteiger partial charge in [-0.3, -0.25) is 34.2 Å². The van der Waals surface area contributed by atoms with Gasteiger partial charge in [-0.25, -0.2) is 0 Å². The highest BCUT2D eigenvalue weighted by Crippen LogP contribution is 2.36. The number of ether oxygens (including phenoxy) is 10. The normalized spacial score (nSPS) is 31.0. The molecule has 2 saturated heterocycles. The molecule has 0 amide bonds. The second-order valence-electron chi connectivity index (χ2n) is 9.97. The maximum atomic E-state index is 12.3. The van der Waals surface area contributed by atoms with E-state index in [1.165, 1.54) is 6.92 Å². The second kappa shape index (κ2) is 16.7. The van der Waals surface area contributed by atoms with Crippen molar-refractivity contribution in [3.63, 3.8) is 0 Å². The number of rotatable bonds is 10. The molecular formula is C26H34Cl3NO16. The molecule has 0 radical (unpaired) electrons. The van der Waals surface area contributed by atoms with E-state index in [1.54, 1.807) is 0 Å². The highest BCUT2D eigenvalue weighted by Gasteiger charge is 2.57. The Kier molecular flexibility index (Phi) is 14.3. The van der Waals surface area contributed by atoms with E-state index in [0.717, 1.165) is 41.5 Å². The fraction of sp³-hybridized carbons (Fsp3) is 0.731. The third-order valence-electron chi connectivity index (χ3n) is 6.06. The van der Waals surface area contributed by atoms with Gasteiger partial charge in [0.05, 0.1) is 6.10 Å². The minimum absolute atomic E-state index is 0.616. The summed E-state index contributed by atoms with van der Waals surface area (Å²) in [5.74, 6) is -6.12. The van der Waals surface area contributed by atoms with E-state index in [2.05, 4.69) is 0 Å². The molecule has 2 rings (SSSR count). The molecule has 20 heteroatoms. The van der Waals surface area contributed by atoms with Gasteiger partial charge in [0.1, 0.15) is 18.8 Å². The SMILES string of the molecule is CC(=O)OC[C@H]1O[C@@H](OC(=N)C(Cl)(Cl)Cl)[C@H](OC(C)=O)[C@@H](OC(C)=O)[C@H]1O[C@H]1O[C@H](C)[C@H](OC(C)=O)[C@H](OC(C)=O)[C@H]1OC(C)=O. The van der Waals surface area contributed by atoms with Crippen LogP contribution in [0.3, 0.4) is 0 Å². The molecule has 2 aliphatic heterocycles. The van der Waals surface area contributed by atoms with E-state index in [1.807, 2.05) is 0 Å². The van der Waals surface area contributed by atoms with Crippen LogP contribution in [-0.2, 0) is 76.1 Å². The van der Waals surface area contributed by atoms with Gasteiger partial charge in [0, 0.05) is 41.5 Å². The third kappa shape index (κ3) is 11.4. The average Bonchev–Trinajstić information content (AvgIpc) is 2.88. The summed E-state index contributed by atoms with van der Waals surface area (Å²) in [6.45, 7) is 7.12. The first kappa shape index (κ1) is 39.2. The van der Waals surface area contributed by atoms with Crippen LogP contribution in [0.4, 0.5) is 0 Å². The van der Waals surface area contributed by atoms with Crippen LogP contribution >= 0.6 is 34.8 Å². The summed E-state index contributed by atoms with van der Waals surface area (Å²) in [7, 11) is 0. The van der Waals surface area contributed by atoms with Crippen LogP contribution in [0.2, 0.25) is 0 Å². The number of alkyl halides is 3. The van der Waals surface area contributed by atoms with Crippen LogP contribution in [0.15, 0.2) is 0 Å². The summed E-state index contributed by atoms with van der Waals surface area (Å²) in [5.41, 5.74) is 0. The van der Waals surface area contributed by atoms with Crippen LogP contribution in [0.5, 0.6) is 0 Å². The molecular weight excluding hydrogens is 689 g/mol. The van der Waals surface area contributed by atoms with Gasteiger partial charge in [-0.2, -0.15) is 0 Å². The fourth-order valence-corrected chi connectivity index (χ4v) is 4.66. The zero-order valence-electron chi connectivity index (χ0n) is 25.6. The lowest BCUT2D eigenvalue weighted by molar-refractivity contribution is -0.352. The van der Waals surface area contributed by atoms with Gasteiger partial charge in [0.2, 0.25) is 18.3 Å². The number of nitrogens with one attached hydrogen (secondary N) is 1. The molecule has 2 fully saturated rings. The molecule has 0 unspecified atom stereocenters. The van der Waals surface area contributed by atoms with Crippen molar-refractivity contribution < 1.29 is 76.1 Å². The van der Waals surface area contributed by atoms with Crippen molar-refractivity contribution in [1.29, 1.82) is 5.41 Å². The lowest BCUT2D eigenvalue weighted by Crippen LogP contribution is -2.66. The molecule has 0 spiro atoms. The Hall–Kier alpha value is -2.96. The molecule has 10 atom stereocenters. The highest BCUT2D eigenvalue weighted by molar-refractivity contribution is 6.76. The standard InChI is InChI=1S/C26H34Cl3NO16/c1-9-17(39-11(3)32)19(40-12(4)33)21(42-14(6)35)23(38-9)45-18-16(8-37-10(2)31)44-24(46-25(30)26(27,28)29)22(43-15(7)36)20(18)41-13(5)34/h9,16-24,30H,8H2,1-7H3/t9-,16-,17+,18+,19+,20+,21-,22-,23-,24+/m1/s1.